The van der Waals surface area contributed by atoms with Crippen molar-refractivity contribution in [3.8, 4) is 11.5 Å². The fraction of sp³-hybridized carbons (Fsp3) is 0.717. The van der Waals surface area contributed by atoms with Gasteiger partial charge in [-0.25, -0.2) is 0 Å². The number of methoxy groups -OCH3 is 2. The summed E-state index contributed by atoms with van der Waals surface area (Å²) in [6.07, 6.45) is 17.2. The number of carbonyl (C=O) groups excluding carboxylic acids is 5. The van der Waals surface area contributed by atoms with Crippen molar-refractivity contribution in [2.75, 3.05) is 76.8 Å². The number of fused-ring (bicyclic) bond motifs is 2. The molecule has 0 spiro atoms. The number of anilines is 2. The molecule has 3 heterocycles. The number of hydrogen-bond acceptors (Lipinski definition) is 12. The smallest absolute Gasteiger partial charge is 0.305 e. The molecule has 1 saturated heterocycles. The number of ether oxygens (including phenoxy) is 6. The Morgan fingerprint density at radius 1 is 0.658 bits per heavy atom. The Bertz CT molecular complexity index is 2270. The minimum absolute atomic E-state index is 0.000718. The van der Waals surface area contributed by atoms with E-state index in [4.69, 9.17) is 28.4 Å². The maximum absolute atomic E-state index is 14.1. The molecule has 3 aliphatic heterocycles. The van der Waals surface area contributed by atoms with Gasteiger partial charge in [-0.3, -0.25) is 24.0 Å². The summed E-state index contributed by atoms with van der Waals surface area (Å²) in [6, 6.07) is 7.99. The maximum Gasteiger partial charge on any atom is 0.305 e. The molecule has 2 aromatic rings. The summed E-state index contributed by atoms with van der Waals surface area (Å²) in [6.45, 7) is 18.4. The second-order valence-electron chi connectivity index (χ2n) is 22.9. The average molecular weight is 1060 g/mol. The number of carbonyl (C=O) groups is 5. The molecule has 16 heteroatoms. The van der Waals surface area contributed by atoms with Gasteiger partial charge in [0.25, 0.3) is 23.6 Å². The van der Waals surface area contributed by atoms with E-state index in [0.29, 0.717) is 72.6 Å². The van der Waals surface area contributed by atoms with Crippen molar-refractivity contribution in [2.24, 2.45) is 5.92 Å². The highest BCUT2D eigenvalue weighted by Crippen LogP contribution is 2.43. The van der Waals surface area contributed by atoms with Crippen LogP contribution in [0.1, 0.15) is 189 Å². The number of amides is 4. The summed E-state index contributed by atoms with van der Waals surface area (Å²) in [4.78, 5) is 75.3. The third-order valence-corrected chi connectivity index (χ3v) is 16.1. The largest absolute Gasteiger partial charge is 0.473 e. The van der Waals surface area contributed by atoms with Crippen LogP contribution in [-0.2, 0) is 33.3 Å². The van der Waals surface area contributed by atoms with Gasteiger partial charge in [0, 0.05) is 95.5 Å². The van der Waals surface area contributed by atoms with E-state index in [1.807, 2.05) is 47.9 Å². The lowest BCUT2D eigenvalue weighted by molar-refractivity contribution is -0.155. The standard InChI is InChI=1S/C34H52N2O7.C26H40N2O5/c1-24(2)36(27-11-7-6-8-12-27)32(38)28-22-29-30(21-25(28)3)43-34(4,33(39)35(29)17-9-10-18-40-5)23-42-31(37)14-13-26-15-19-41-20-16-26;1-18(2)28(20-11-7-6-8-12-20)24(30)21-16-22-23(15-19(21)3)33-26(4,17-29)25(31)27(22)13-9-10-14-32-5/h21-22,24,26-27H,6-20,23H2,1-5H3;15-16,18,20,29H,6-14,17H2,1-5H3. The predicted molar refractivity (Wildman–Crippen MR) is 295 cm³/mol. The Morgan fingerprint density at radius 3 is 1.51 bits per heavy atom. The first-order valence-corrected chi connectivity index (χ1v) is 28.7. The molecule has 2 saturated carbocycles. The first-order chi connectivity index (χ1) is 36.4. The molecule has 4 amide bonds. The van der Waals surface area contributed by atoms with E-state index in [1.54, 1.807) is 37.9 Å². The van der Waals surface area contributed by atoms with Crippen LogP contribution in [0.15, 0.2) is 24.3 Å². The van der Waals surface area contributed by atoms with E-state index in [1.165, 1.54) is 12.8 Å². The zero-order valence-electron chi connectivity index (χ0n) is 47.8. The molecule has 0 aromatic heterocycles. The van der Waals surface area contributed by atoms with Gasteiger partial charge in [0.15, 0.2) is 0 Å². The minimum atomic E-state index is -1.37. The van der Waals surface area contributed by atoms with Gasteiger partial charge < -0.3 is 53.1 Å². The molecule has 5 aliphatic rings. The van der Waals surface area contributed by atoms with E-state index >= 15 is 0 Å². The first kappa shape index (κ1) is 60.5. The molecule has 76 heavy (non-hydrogen) atoms. The monoisotopic (exact) mass is 1060 g/mol. The molecule has 2 aliphatic carbocycles. The third-order valence-electron chi connectivity index (χ3n) is 16.1. The molecule has 2 atom stereocenters. The minimum Gasteiger partial charge on any atom is -0.473 e. The highest BCUT2D eigenvalue weighted by atomic mass is 16.6. The molecular weight excluding hydrogens is 969 g/mol. The summed E-state index contributed by atoms with van der Waals surface area (Å²) in [5, 5.41) is 9.91. The quantitative estimate of drug-likeness (QED) is 0.0875. The maximum atomic E-state index is 14.1. The van der Waals surface area contributed by atoms with Crippen molar-refractivity contribution in [1.29, 1.82) is 0 Å². The van der Waals surface area contributed by atoms with Crippen LogP contribution in [0.3, 0.4) is 0 Å². The third kappa shape index (κ3) is 14.9. The number of aliphatic hydroxyl groups is 1. The van der Waals surface area contributed by atoms with Crippen molar-refractivity contribution in [1.82, 2.24) is 9.80 Å². The molecule has 2 unspecified atom stereocenters. The number of rotatable bonds is 22. The molecule has 0 bridgehead atoms. The first-order valence-electron chi connectivity index (χ1n) is 28.7. The number of benzene rings is 2. The van der Waals surface area contributed by atoms with Crippen LogP contribution in [-0.4, -0.2) is 147 Å². The van der Waals surface area contributed by atoms with Crippen LogP contribution in [0, 0.1) is 19.8 Å². The van der Waals surface area contributed by atoms with Gasteiger partial charge in [-0.05, 0) is 167 Å². The van der Waals surface area contributed by atoms with Crippen molar-refractivity contribution in [3.63, 3.8) is 0 Å². The molecule has 7 rings (SSSR count). The Kier molecular flexibility index (Phi) is 22.4. The topological polar surface area (TPSA) is 174 Å². The van der Waals surface area contributed by atoms with Gasteiger partial charge in [0.2, 0.25) is 11.2 Å². The molecule has 2 aromatic carbocycles. The lowest BCUT2D eigenvalue weighted by atomic mass is 9.92. The lowest BCUT2D eigenvalue weighted by Crippen LogP contribution is -2.57. The lowest BCUT2D eigenvalue weighted by Gasteiger charge is -2.41. The summed E-state index contributed by atoms with van der Waals surface area (Å²) >= 11 is 0. The van der Waals surface area contributed by atoms with Gasteiger partial charge in [-0.2, -0.15) is 0 Å². The Balaban J connectivity index is 0.000000255. The number of unbranched alkanes of at least 4 members (excludes halogenated alkanes) is 2. The average Bonchev–Trinajstić information content (AvgIpc) is 3.40. The van der Waals surface area contributed by atoms with Gasteiger partial charge in [-0.15, -0.1) is 0 Å². The molecule has 16 nitrogen and oxygen atoms in total. The Morgan fingerprint density at radius 2 is 1.09 bits per heavy atom. The molecule has 1 N–H and O–H groups in total. The normalized spacial score (nSPS) is 21.3. The number of esters is 1. The molecule has 0 radical (unpaired) electrons. The van der Waals surface area contributed by atoms with Gasteiger partial charge >= 0.3 is 5.97 Å². The van der Waals surface area contributed by atoms with Gasteiger partial charge in [0.05, 0.1) is 18.0 Å². The Labute approximate surface area is 453 Å². The van der Waals surface area contributed by atoms with E-state index in [9.17, 15) is 29.1 Å². The van der Waals surface area contributed by atoms with E-state index in [-0.39, 0.29) is 60.4 Å². The molecule has 3 fully saturated rings. The van der Waals surface area contributed by atoms with Gasteiger partial charge in [-0.1, -0.05) is 38.5 Å². The molecule has 424 valence electrons. The summed E-state index contributed by atoms with van der Waals surface area (Å²) in [5.74, 6) is 0.643. The van der Waals surface area contributed by atoms with Crippen LogP contribution in [0.5, 0.6) is 11.5 Å². The number of aliphatic hydroxyl groups excluding tert-OH is 1. The number of hydrogen-bond donors (Lipinski definition) is 1. The SMILES string of the molecule is COCCCCN1C(=O)C(C)(CO)Oc2cc(C)c(C(=O)N(C(C)C)C3CCCCC3)cc21.COCCCCN1C(=O)C(C)(COC(=O)CCC2CCOCC2)Oc2cc(C)c(C(=O)N(C(C)C)C3CCCCC3)cc21. The second-order valence-corrected chi connectivity index (χ2v) is 22.9. The fourth-order valence-electron chi connectivity index (χ4n) is 11.7. The number of aryl methyl sites for hydroxylation is 2. The van der Waals surface area contributed by atoms with Crippen molar-refractivity contribution < 1.29 is 57.5 Å². The molecular formula is C60H92N4O12. The van der Waals surface area contributed by atoms with Crippen LogP contribution in [0.25, 0.3) is 0 Å². The fourth-order valence-corrected chi connectivity index (χ4v) is 11.7. The summed E-state index contributed by atoms with van der Waals surface area (Å²) in [7, 11) is 3.32. The van der Waals surface area contributed by atoms with Crippen LogP contribution >= 0.6 is 0 Å². The van der Waals surface area contributed by atoms with E-state index in [2.05, 4.69) is 27.7 Å². The van der Waals surface area contributed by atoms with Crippen molar-refractivity contribution in [3.05, 3.63) is 46.5 Å². The van der Waals surface area contributed by atoms with Crippen LogP contribution in [0.2, 0.25) is 0 Å². The second kappa shape index (κ2) is 28.2. The summed E-state index contributed by atoms with van der Waals surface area (Å²) in [5.41, 5.74) is 1.31. The zero-order valence-corrected chi connectivity index (χ0v) is 47.8. The Hall–Kier alpha value is -4.77. The van der Waals surface area contributed by atoms with Crippen LogP contribution < -0.4 is 19.3 Å². The van der Waals surface area contributed by atoms with Crippen LogP contribution in [0.4, 0.5) is 11.4 Å². The highest BCUT2D eigenvalue weighted by molar-refractivity contribution is 6.06. The van der Waals surface area contributed by atoms with Gasteiger partial charge in [0.1, 0.15) is 18.1 Å². The summed E-state index contributed by atoms with van der Waals surface area (Å²) < 4.78 is 33.8. The van der Waals surface area contributed by atoms with Crippen molar-refractivity contribution in [2.45, 2.75) is 206 Å². The number of nitrogens with zero attached hydrogens (tertiary/aromatic N) is 4. The van der Waals surface area contributed by atoms with E-state index in [0.717, 1.165) is 121 Å². The zero-order chi connectivity index (χ0) is 55.2. The van der Waals surface area contributed by atoms with Crippen molar-refractivity contribution >= 4 is 41.0 Å². The highest BCUT2D eigenvalue weighted by Gasteiger charge is 2.47. The predicted octanol–water partition coefficient (Wildman–Crippen LogP) is 9.92. The van der Waals surface area contributed by atoms with E-state index < -0.39 is 17.8 Å².